The Labute approximate surface area is 130 Å². The van der Waals surface area contributed by atoms with Crippen LogP contribution in [0.1, 0.15) is 22.0 Å². The van der Waals surface area contributed by atoms with Gasteiger partial charge < -0.3 is 15.2 Å². The van der Waals surface area contributed by atoms with E-state index in [-0.39, 0.29) is 19.8 Å². The maximum absolute atomic E-state index is 13.5. The van der Waals surface area contributed by atoms with Crippen molar-refractivity contribution < 1.29 is 23.4 Å². The smallest absolute Gasteiger partial charge is 0.257 e. The molecular weight excluding hydrogens is 312 g/mol. The second-order valence-corrected chi connectivity index (χ2v) is 5.23. The lowest BCUT2D eigenvalue weighted by atomic mass is 10.1. The molecule has 118 valence electrons. The molecule has 1 aromatic heterocycles. The zero-order valence-corrected chi connectivity index (χ0v) is 12.4. The Bertz CT molecular complexity index is 599. The summed E-state index contributed by atoms with van der Waals surface area (Å²) in [6.45, 7) is -0.00961. The standard InChI is InChI=1S/C15H15F2NO3S/c16-11-2-1-3-12(17)14(11)15(20)18-8-13(21-6-5-19)10-4-7-22-9-10/h1-4,7,9,13,19H,5-6,8H2,(H,18,20)/t13-/m1/s1. The van der Waals surface area contributed by atoms with Crippen LogP contribution in [0.2, 0.25) is 0 Å². The number of hydrogen-bond donors (Lipinski definition) is 2. The molecule has 2 N–H and O–H groups in total. The summed E-state index contributed by atoms with van der Waals surface area (Å²) in [4.78, 5) is 11.9. The number of thiophene rings is 1. The SMILES string of the molecule is O=C(NC[C@@H](OCCO)c1ccsc1)c1c(F)cccc1F. The zero-order valence-electron chi connectivity index (χ0n) is 11.6. The topological polar surface area (TPSA) is 58.6 Å². The number of nitrogens with one attached hydrogen (secondary N) is 1. The largest absolute Gasteiger partial charge is 0.394 e. The van der Waals surface area contributed by atoms with Gasteiger partial charge in [-0.2, -0.15) is 11.3 Å². The maximum Gasteiger partial charge on any atom is 0.257 e. The minimum Gasteiger partial charge on any atom is -0.394 e. The Hall–Kier alpha value is -1.83. The quantitative estimate of drug-likeness (QED) is 0.821. The van der Waals surface area contributed by atoms with Gasteiger partial charge in [0, 0.05) is 6.54 Å². The molecule has 0 saturated carbocycles. The number of halogens is 2. The number of carbonyl (C=O) groups excluding carboxylic acids is 1. The molecule has 0 aliphatic heterocycles. The molecule has 0 fully saturated rings. The second kappa shape index (κ2) is 7.98. The molecule has 0 aliphatic rings. The number of amides is 1. The van der Waals surface area contributed by atoms with Gasteiger partial charge in [0.2, 0.25) is 0 Å². The van der Waals surface area contributed by atoms with Gasteiger partial charge >= 0.3 is 0 Å². The monoisotopic (exact) mass is 327 g/mol. The van der Waals surface area contributed by atoms with Crippen molar-refractivity contribution in [3.05, 3.63) is 57.8 Å². The van der Waals surface area contributed by atoms with Crippen molar-refractivity contribution in [2.45, 2.75) is 6.10 Å². The minimum atomic E-state index is -0.916. The van der Waals surface area contributed by atoms with Crippen LogP contribution < -0.4 is 5.32 Å². The van der Waals surface area contributed by atoms with E-state index in [1.807, 2.05) is 16.8 Å². The van der Waals surface area contributed by atoms with E-state index in [2.05, 4.69) is 5.32 Å². The van der Waals surface area contributed by atoms with Gasteiger partial charge in [-0.15, -0.1) is 0 Å². The maximum atomic E-state index is 13.5. The highest BCUT2D eigenvalue weighted by Crippen LogP contribution is 2.20. The second-order valence-electron chi connectivity index (χ2n) is 4.45. The van der Waals surface area contributed by atoms with Gasteiger partial charge in [-0.3, -0.25) is 4.79 Å². The van der Waals surface area contributed by atoms with Gasteiger partial charge in [0.15, 0.2) is 0 Å². The first kappa shape index (κ1) is 16.5. The van der Waals surface area contributed by atoms with Gasteiger partial charge in [0.25, 0.3) is 5.91 Å². The number of hydrogen-bond acceptors (Lipinski definition) is 4. The van der Waals surface area contributed by atoms with Crippen molar-refractivity contribution in [1.82, 2.24) is 5.32 Å². The third kappa shape index (κ3) is 4.09. The number of aliphatic hydroxyl groups excluding tert-OH is 1. The van der Waals surface area contributed by atoms with Crippen molar-refractivity contribution in [2.75, 3.05) is 19.8 Å². The Kier molecular flexibility index (Phi) is 6.00. The zero-order chi connectivity index (χ0) is 15.9. The number of aliphatic hydroxyl groups is 1. The number of rotatable bonds is 7. The normalized spacial score (nSPS) is 12.1. The lowest BCUT2D eigenvalue weighted by Gasteiger charge is -2.17. The van der Waals surface area contributed by atoms with Crippen LogP contribution in [0, 0.1) is 11.6 Å². The first-order valence-electron chi connectivity index (χ1n) is 6.60. The summed E-state index contributed by atoms with van der Waals surface area (Å²) in [6, 6.07) is 5.07. The van der Waals surface area contributed by atoms with E-state index in [0.717, 1.165) is 17.7 Å². The molecule has 0 bridgehead atoms. The fraction of sp³-hybridized carbons (Fsp3) is 0.267. The van der Waals surface area contributed by atoms with Gasteiger partial charge in [-0.25, -0.2) is 8.78 Å². The van der Waals surface area contributed by atoms with E-state index in [4.69, 9.17) is 9.84 Å². The average molecular weight is 327 g/mol. The summed E-state index contributed by atoms with van der Waals surface area (Å²) in [5.74, 6) is -2.68. The molecule has 2 aromatic rings. The third-order valence-electron chi connectivity index (χ3n) is 2.96. The Morgan fingerprint density at radius 1 is 1.32 bits per heavy atom. The molecule has 1 atom stereocenters. The molecule has 0 saturated heterocycles. The van der Waals surface area contributed by atoms with E-state index >= 15 is 0 Å². The molecule has 0 spiro atoms. The number of ether oxygens (including phenoxy) is 1. The fourth-order valence-corrected chi connectivity index (χ4v) is 2.62. The van der Waals surface area contributed by atoms with Crippen molar-refractivity contribution in [3.8, 4) is 0 Å². The van der Waals surface area contributed by atoms with Gasteiger partial charge in [0.1, 0.15) is 23.3 Å². The molecule has 0 radical (unpaired) electrons. The summed E-state index contributed by atoms with van der Waals surface area (Å²) in [5, 5.41) is 15.0. The van der Waals surface area contributed by atoms with Crippen LogP contribution in [0.3, 0.4) is 0 Å². The first-order chi connectivity index (χ1) is 10.6. The third-order valence-corrected chi connectivity index (χ3v) is 3.66. The van der Waals surface area contributed by atoms with E-state index in [1.165, 1.54) is 17.4 Å². The summed E-state index contributed by atoms with van der Waals surface area (Å²) >= 11 is 1.46. The fourth-order valence-electron chi connectivity index (χ4n) is 1.91. The van der Waals surface area contributed by atoms with Crippen LogP contribution in [-0.2, 0) is 4.74 Å². The lowest BCUT2D eigenvalue weighted by Crippen LogP contribution is -2.31. The van der Waals surface area contributed by atoms with Crippen molar-refractivity contribution in [1.29, 1.82) is 0 Å². The van der Waals surface area contributed by atoms with E-state index in [0.29, 0.717) is 0 Å². The number of benzene rings is 1. The van der Waals surface area contributed by atoms with E-state index in [9.17, 15) is 13.6 Å². The predicted molar refractivity (Wildman–Crippen MR) is 78.8 cm³/mol. The van der Waals surface area contributed by atoms with E-state index in [1.54, 1.807) is 0 Å². The molecule has 4 nitrogen and oxygen atoms in total. The van der Waals surface area contributed by atoms with Crippen LogP contribution in [0.5, 0.6) is 0 Å². The van der Waals surface area contributed by atoms with Crippen molar-refractivity contribution >= 4 is 17.2 Å². The summed E-state index contributed by atoms with van der Waals surface area (Å²) in [7, 11) is 0. The van der Waals surface area contributed by atoms with Gasteiger partial charge in [-0.1, -0.05) is 6.07 Å². The molecule has 1 heterocycles. The highest BCUT2D eigenvalue weighted by Gasteiger charge is 2.19. The summed E-state index contributed by atoms with van der Waals surface area (Å²) in [5.41, 5.74) is 0.210. The Morgan fingerprint density at radius 2 is 2.05 bits per heavy atom. The molecule has 2 rings (SSSR count). The lowest BCUT2D eigenvalue weighted by molar-refractivity contribution is 0.0279. The molecule has 0 unspecified atom stereocenters. The van der Waals surface area contributed by atoms with Crippen LogP contribution in [0.4, 0.5) is 8.78 Å². The summed E-state index contributed by atoms with van der Waals surface area (Å²) < 4.78 is 32.5. The van der Waals surface area contributed by atoms with Crippen LogP contribution in [0.25, 0.3) is 0 Å². The average Bonchev–Trinajstić information content (AvgIpc) is 3.01. The predicted octanol–water partition coefficient (Wildman–Crippen LogP) is 2.51. The van der Waals surface area contributed by atoms with Crippen molar-refractivity contribution in [2.24, 2.45) is 0 Å². The highest BCUT2D eigenvalue weighted by molar-refractivity contribution is 7.07. The number of carbonyl (C=O) groups is 1. The van der Waals surface area contributed by atoms with Crippen LogP contribution in [0.15, 0.2) is 35.0 Å². The molecule has 1 amide bonds. The van der Waals surface area contributed by atoms with Crippen molar-refractivity contribution in [3.63, 3.8) is 0 Å². The molecule has 0 aliphatic carbocycles. The van der Waals surface area contributed by atoms with Crippen LogP contribution >= 0.6 is 11.3 Å². The van der Waals surface area contributed by atoms with Gasteiger partial charge in [0.05, 0.1) is 13.2 Å². The van der Waals surface area contributed by atoms with E-state index < -0.39 is 29.2 Å². The summed E-state index contributed by atoms with van der Waals surface area (Å²) in [6.07, 6.45) is -0.489. The molecule has 1 aromatic carbocycles. The molecule has 22 heavy (non-hydrogen) atoms. The van der Waals surface area contributed by atoms with Crippen LogP contribution in [-0.4, -0.2) is 30.8 Å². The molecular formula is C15H15F2NO3S. The Balaban J connectivity index is 2.04. The highest BCUT2D eigenvalue weighted by atomic mass is 32.1. The van der Waals surface area contributed by atoms with Gasteiger partial charge in [-0.05, 0) is 34.5 Å². The minimum absolute atomic E-state index is 0.0450. The Morgan fingerprint density at radius 3 is 2.64 bits per heavy atom. The first-order valence-corrected chi connectivity index (χ1v) is 7.54. The molecule has 7 heteroatoms.